The molecule has 6 nitrogen and oxygen atoms in total. The van der Waals surface area contributed by atoms with Gasteiger partial charge in [0.1, 0.15) is 17.3 Å². The summed E-state index contributed by atoms with van der Waals surface area (Å²) >= 11 is 6.18. The lowest BCUT2D eigenvalue weighted by Crippen LogP contribution is -2.24. The molecule has 1 N–H and O–H groups in total. The van der Waals surface area contributed by atoms with Gasteiger partial charge in [0.25, 0.3) is 5.91 Å². The van der Waals surface area contributed by atoms with Gasteiger partial charge in [0, 0.05) is 25.1 Å². The molecule has 0 fully saturated rings. The fourth-order valence-electron chi connectivity index (χ4n) is 4.31. The standard InChI is InChI=1S/C30H34ClN3O3/c1-36-24-18-16-23(17-19-24)30(35)32-20-8-2-3-15-29-33-26-12-5-6-13-27(26)34(29)21-9-10-22-37-28-14-7-4-11-25(28)31/h4-7,11-14,16-19H,2-3,8-10,15,20-22H2,1H3,(H,32,35). The fraction of sp³-hybridized carbons (Fsp3) is 0.333. The predicted molar refractivity (Wildman–Crippen MR) is 149 cm³/mol. The number of hydrogen-bond donors (Lipinski definition) is 1. The molecule has 0 aliphatic heterocycles. The zero-order valence-corrected chi connectivity index (χ0v) is 22.0. The topological polar surface area (TPSA) is 65.4 Å². The zero-order valence-electron chi connectivity index (χ0n) is 21.3. The molecule has 1 amide bonds. The van der Waals surface area contributed by atoms with Crippen LogP contribution in [0, 0.1) is 0 Å². The first-order chi connectivity index (χ1) is 18.2. The number of ether oxygens (including phenoxy) is 2. The minimum Gasteiger partial charge on any atom is -0.497 e. The fourth-order valence-corrected chi connectivity index (χ4v) is 4.50. The van der Waals surface area contributed by atoms with E-state index in [2.05, 4.69) is 28.1 Å². The van der Waals surface area contributed by atoms with Gasteiger partial charge in [0.05, 0.1) is 29.8 Å². The number of carbonyl (C=O) groups is 1. The Morgan fingerprint density at radius 1 is 0.919 bits per heavy atom. The van der Waals surface area contributed by atoms with E-state index in [0.29, 0.717) is 23.7 Å². The van der Waals surface area contributed by atoms with Crippen molar-refractivity contribution in [2.24, 2.45) is 0 Å². The predicted octanol–water partition coefficient (Wildman–Crippen LogP) is 6.70. The second-order valence-electron chi connectivity index (χ2n) is 8.95. The minimum atomic E-state index is -0.0528. The number of aryl methyl sites for hydroxylation is 2. The average Bonchev–Trinajstić information content (AvgIpc) is 3.28. The van der Waals surface area contributed by atoms with Crippen LogP contribution < -0.4 is 14.8 Å². The first-order valence-corrected chi connectivity index (χ1v) is 13.3. The minimum absolute atomic E-state index is 0.0528. The van der Waals surface area contributed by atoms with Crippen LogP contribution in [-0.4, -0.2) is 35.7 Å². The molecular weight excluding hydrogens is 486 g/mol. The monoisotopic (exact) mass is 519 g/mol. The quantitative estimate of drug-likeness (QED) is 0.188. The SMILES string of the molecule is COc1ccc(C(=O)NCCCCCc2nc3ccccc3n2CCCCOc2ccccc2Cl)cc1. The van der Waals surface area contributed by atoms with E-state index in [9.17, 15) is 4.79 Å². The number of nitrogens with zero attached hydrogens (tertiary/aromatic N) is 2. The molecule has 0 unspecified atom stereocenters. The van der Waals surface area contributed by atoms with E-state index in [0.717, 1.165) is 67.9 Å². The van der Waals surface area contributed by atoms with Crippen LogP contribution in [0.2, 0.25) is 5.02 Å². The molecule has 1 heterocycles. The number of hydrogen-bond acceptors (Lipinski definition) is 4. The molecule has 0 aliphatic carbocycles. The van der Waals surface area contributed by atoms with Crippen LogP contribution in [0.5, 0.6) is 11.5 Å². The largest absolute Gasteiger partial charge is 0.497 e. The Morgan fingerprint density at radius 2 is 1.70 bits per heavy atom. The smallest absolute Gasteiger partial charge is 0.251 e. The number of amides is 1. The highest BCUT2D eigenvalue weighted by Crippen LogP contribution is 2.23. The number of unbranched alkanes of at least 4 members (excludes halogenated alkanes) is 3. The first kappa shape index (κ1) is 26.6. The molecule has 0 spiro atoms. The molecule has 0 aliphatic rings. The van der Waals surface area contributed by atoms with E-state index in [1.807, 2.05) is 30.3 Å². The Hall–Kier alpha value is -3.51. The summed E-state index contributed by atoms with van der Waals surface area (Å²) in [6.07, 6.45) is 5.83. The van der Waals surface area contributed by atoms with Crippen molar-refractivity contribution in [2.45, 2.75) is 45.1 Å². The molecule has 4 aromatic rings. The van der Waals surface area contributed by atoms with Crippen LogP contribution in [-0.2, 0) is 13.0 Å². The van der Waals surface area contributed by atoms with Crippen LogP contribution in [0.25, 0.3) is 11.0 Å². The van der Waals surface area contributed by atoms with Gasteiger partial charge in [0.2, 0.25) is 0 Å². The summed E-state index contributed by atoms with van der Waals surface area (Å²) in [6.45, 7) is 2.19. The third-order valence-corrected chi connectivity index (χ3v) is 6.63. The van der Waals surface area contributed by atoms with Crippen LogP contribution in [0.3, 0.4) is 0 Å². The number of benzene rings is 3. The van der Waals surface area contributed by atoms with E-state index >= 15 is 0 Å². The van der Waals surface area contributed by atoms with E-state index in [-0.39, 0.29) is 5.91 Å². The summed E-state index contributed by atoms with van der Waals surface area (Å²) in [5, 5.41) is 3.65. The van der Waals surface area contributed by atoms with Gasteiger partial charge < -0.3 is 19.4 Å². The Bertz CT molecular complexity index is 1290. The number of nitrogens with one attached hydrogen (secondary N) is 1. The number of carbonyl (C=O) groups excluding carboxylic acids is 1. The van der Waals surface area contributed by atoms with Crippen molar-refractivity contribution in [1.29, 1.82) is 0 Å². The maximum atomic E-state index is 12.3. The molecule has 0 radical (unpaired) electrons. The average molecular weight is 520 g/mol. The van der Waals surface area contributed by atoms with E-state index in [4.69, 9.17) is 26.1 Å². The van der Waals surface area contributed by atoms with Crippen molar-refractivity contribution in [3.05, 3.63) is 89.2 Å². The third-order valence-electron chi connectivity index (χ3n) is 6.32. The van der Waals surface area contributed by atoms with Gasteiger partial charge in [0.15, 0.2) is 0 Å². The van der Waals surface area contributed by atoms with Crippen molar-refractivity contribution in [3.63, 3.8) is 0 Å². The molecule has 0 bridgehead atoms. The van der Waals surface area contributed by atoms with Gasteiger partial charge in [-0.15, -0.1) is 0 Å². The summed E-state index contributed by atoms with van der Waals surface area (Å²) in [4.78, 5) is 17.2. The maximum Gasteiger partial charge on any atom is 0.251 e. The van der Waals surface area contributed by atoms with Gasteiger partial charge in [-0.2, -0.15) is 0 Å². The lowest BCUT2D eigenvalue weighted by Gasteiger charge is -2.11. The highest BCUT2D eigenvalue weighted by molar-refractivity contribution is 6.32. The Kier molecular flexibility index (Phi) is 9.83. The first-order valence-electron chi connectivity index (χ1n) is 12.9. The third kappa shape index (κ3) is 7.49. The summed E-state index contributed by atoms with van der Waals surface area (Å²) in [6, 6.07) is 23.0. The van der Waals surface area contributed by atoms with Crippen LogP contribution in [0.1, 0.15) is 48.3 Å². The second kappa shape index (κ2) is 13.7. The zero-order chi connectivity index (χ0) is 25.9. The summed E-state index contributed by atoms with van der Waals surface area (Å²) in [7, 11) is 1.61. The summed E-state index contributed by atoms with van der Waals surface area (Å²) < 4.78 is 13.3. The van der Waals surface area contributed by atoms with Gasteiger partial charge in [-0.1, -0.05) is 42.3 Å². The second-order valence-corrected chi connectivity index (χ2v) is 9.36. The number of fused-ring (bicyclic) bond motifs is 1. The highest BCUT2D eigenvalue weighted by Gasteiger charge is 2.11. The van der Waals surface area contributed by atoms with Gasteiger partial charge in [-0.3, -0.25) is 4.79 Å². The lowest BCUT2D eigenvalue weighted by atomic mass is 10.1. The Balaban J connectivity index is 1.21. The van der Waals surface area contributed by atoms with E-state index < -0.39 is 0 Å². The van der Waals surface area contributed by atoms with Crippen molar-refractivity contribution in [2.75, 3.05) is 20.3 Å². The molecule has 4 rings (SSSR count). The summed E-state index contributed by atoms with van der Waals surface area (Å²) in [5.41, 5.74) is 2.86. The molecule has 37 heavy (non-hydrogen) atoms. The van der Waals surface area contributed by atoms with Crippen molar-refractivity contribution < 1.29 is 14.3 Å². The number of imidazole rings is 1. The molecule has 0 saturated heterocycles. The van der Waals surface area contributed by atoms with Gasteiger partial charge in [-0.25, -0.2) is 4.98 Å². The summed E-state index contributed by atoms with van der Waals surface area (Å²) in [5.74, 6) is 2.55. The van der Waals surface area contributed by atoms with Gasteiger partial charge in [-0.05, 0) is 74.2 Å². The maximum absolute atomic E-state index is 12.3. The van der Waals surface area contributed by atoms with Crippen LogP contribution in [0.4, 0.5) is 0 Å². The number of halogens is 1. The van der Waals surface area contributed by atoms with Gasteiger partial charge >= 0.3 is 0 Å². The Labute approximate surface area is 223 Å². The van der Waals surface area contributed by atoms with Crippen molar-refractivity contribution in [1.82, 2.24) is 14.9 Å². The van der Waals surface area contributed by atoms with E-state index in [1.165, 1.54) is 5.52 Å². The molecule has 194 valence electrons. The highest BCUT2D eigenvalue weighted by atomic mass is 35.5. The van der Waals surface area contributed by atoms with Crippen molar-refractivity contribution >= 4 is 28.5 Å². The molecule has 7 heteroatoms. The Morgan fingerprint density at radius 3 is 2.51 bits per heavy atom. The number of para-hydroxylation sites is 3. The van der Waals surface area contributed by atoms with Crippen LogP contribution >= 0.6 is 11.6 Å². The van der Waals surface area contributed by atoms with Crippen molar-refractivity contribution in [3.8, 4) is 11.5 Å². The molecule has 0 atom stereocenters. The number of rotatable bonds is 14. The molecular formula is C30H34ClN3O3. The van der Waals surface area contributed by atoms with E-state index in [1.54, 1.807) is 31.4 Å². The molecule has 0 saturated carbocycles. The normalized spacial score (nSPS) is 11.0. The number of methoxy groups -OCH3 is 1. The number of aromatic nitrogens is 2. The molecule has 1 aromatic heterocycles. The molecule has 3 aromatic carbocycles. The van der Waals surface area contributed by atoms with Crippen LogP contribution in [0.15, 0.2) is 72.8 Å². The lowest BCUT2D eigenvalue weighted by molar-refractivity contribution is 0.0953.